The molecule has 0 spiro atoms. The van der Waals surface area contributed by atoms with Gasteiger partial charge in [-0.3, -0.25) is 9.78 Å². The van der Waals surface area contributed by atoms with Crippen LogP contribution in [0.5, 0.6) is 0 Å². The molecule has 0 radical (unpaired) electrons. The second kappa shape index (κ2) is 9.55. The maximum absolute atomic E-state index is 14.2. The topological polar surface area (TPSA) is 42.0 Å². The third kappa shape index (κ3) is 4.69. The van der Waals surface area contributed by atoms with Crippen molar-refractivity contribution in [3.63, 3.8) is 0 Å². The number of aryl methyl sites for hydroxylation is 1. The molecule has 0 atom stereocenters. The van der Waals surface area contributed by atoms with Crippen molar-refractivity contribution in [2.24, 2.45) is 0 Å². The lowest BCUT2D eigenvalue weighted by Gasteiger charge is -2.14. The predicted molar refractivity (Wildman–Crippen MR) is 131 cm³/mol. The fourth-order valence-corrected chi connectivity index (χ4v) is 4.02. The van der Waals surface area contributed by atoms with Crippen LogP contribution in [0.4, 0.5) is 10.1 Å². The van der Waals surface area contributed by atoms with Gasteiger partial charge in [0.05, 0.1) is 10.7 Å². The van der Waals surface area contributed by atoms with Crippen LogP contribution in [-0.4, -0.2) is 17.1 Å². The summed E-state index contributed by atoms with van der Waals surface area (Å²) in [5.74, 6) is -0.593. The molecule has 4 aromatic rings. The Balaban J connectivity index is 1.71. The Morgan fingerprint density at radius 2 is 1.84 bits per heavy atom. The van der Waals surface area contributed by atoms with E-state index in [9.17, 15) is 9.18 Å². The van der Waals surface area contributed by atoms with Crippen molar-refractivity contribution in [3.8, 4) is 22.4 Å². The van der Waals surface area contributed by atoms with Crippen molar-refractivity contribution in [1.82, 2.24) is 4.98 Å². The van der Waals surface area contributed by atoms with E-state index < -0.39 is 0 Å². The van der Waals surface area contributed by atoms with Crippen LogP contribution in [0.3, 0.4) is 0 Å². The number of nitrogens with one attached hydrogen (secondary N) is 1. The summed E-state index contributed by atoms with van der Waals surface area (Å²) >= 11 is 7.92. The minimum Gasteiger partial charge on any atom is -0.322 e. The van der Waals surface area contributed by atoms with E-state index >= 15 is 0 Å². The first-order valence-corrected chi connectivity index (χ1v) is 11.5. The minimum atomic E-state index is -0.305. The molecule has 3 nitrogen and oxygen atoms in total. The van der Waals surface area contributed by atoms with Gasteiger partial charge in [-0.1, -0.05) is 29.8 Å². The number of benzene rings is 3. The second-order valence-corrected chi connectivity index (χ2v) is 8.53. The highest BCUT2D eigenvalue weighted by molar-refractivity contribution is 7.98. The Morgan fingerprint density at radius 3 is 2.56 bits per heavy atom. The fourth-order valence-electron chi connectivity index (χ4n) is 3.37. The van der Waals surface area contributed by atoms with E-state index in [0.29, 0.717) is 38.7 Å². The lowest BCUT2D eigenvalue weighted by molar-refractivity contribution is 0.102. The first-order valence-electron chi connectivity index (χ1n) is 9.93. The number of hydrogen-bond acceptors (Lipinski definition) is 3. The Hall–Kier alpha value is -3.15. The molecule has 1 amide bonds. The van der Waals surface area contributed by atoms with E-state index in [1.807, 2.05) is 42.7 Å². The quantitative estimate of drug-likeness (QED) is 0.312. The van der Waals surface area contributed by atoms with Gasteiger partial charge in [-0.15, -0.1) is 11.8 Å². The summed E-state index contributed by atoms with van der Waals surface area (Å²) in [5.41, 5.74) is 4.38. The summed E-state index contributed by atoms with van der Waals surface area (Å²) in [7, 11) is 0. The zero-order valence-electron chi connectivity index (χ0n) is 17.5. The molecule has 0 fully saturated rings. The number of carbonyl (C=O) groups is 1. The largest absolute Gasteiger partial charge is 0.322 e. The fraction of sp³-hybridized carbons (Fsp3) is 0.0769. The van der Waals surface area contributed by atoms with E-state index in [1.165, 1.54) is 6.07 Å². The van der Waals surface area contributed by atoms with Gasteiger partial charge in [0.2, 0.25) is 0 Å². The van der Waals surface area contributed by atoms with Gasteiger partial charge in [0.15, 0.2) is 0 Å². The average Bonchev–Trinajstić information content (AvgIpc) is 2.82. The van der Waals surface area contributed by atoms with Gasteiger partial charge in [-0.05, 0) is 84.5 Å². The number of nitrogens with zero attached hydrogens (tertiary/aromatic N) is 1. The summed E-state index contributed by atoms with van der Waals surface area (Å²) in [5, 5.41) is 3.49. The molecule has 4 rings (SSSR count). The molecule has 6 heteroatoms. The van der Waals surface area contributed by atoms with Crippen LogP contribution < -0.4 is 5.32 Å². The average molecular weight is 463 g/mol. The molecule has 0 bridgehead atoms. The summed E-state index contributed by atoms with van der Waals surface area (Å²) in [6, 6.07) is 21.4. The highest BCUT2D eigenvalue weighted by Crippen LogP contribution is 2.32. The van der Waals surface area contributed by atoms with Crippen LogP contribution in [0, 0.1) is 12.7 Å². The zero-order valence-corrected chi connectivity index (χ0v) is 19.1. The van der Waals surface area contributed by atoms with Gasteiger partial charge in [0.25, 0.3) is 5.91 Å². The van der Waals surface area contributed by atoms with Crippen LogP contribution in [0.1, 0.15) is 15.9 Å². The van der Waals surface area contributed by atoms with E-state index in [1.54, 1.807) is 55.2 Å². The normalized spacial score (nSPS) is 10.8. The number of pyridine rings is 1. The number of halogens is 2. The molecule has 1 aromatic heterocycles. The summed E-state index contributed by atoms with van der Waals surface area (Å²) in [6.45, 7) is 1.71. The summed E-state index contributed by atoms with van der Waals surface area (Å²) in [6.07, 6.45) is 3.65. The number of thioether (sulfide) groups is 1. The molecular formula is C26H20ClFN2OS. The van der Waals surface area contributed by atoms with Crippen molar-refractivity contribution in [2.75, 3.05) is 11.6 Å². The van der Waals surface area contributed by atoms with E-state index in [0.717, 1.165) is 10.5 Å². The third-order valence-corrected chi connectivity index (χ3v) is 6.17. The number of rotatable bonds is 5. The molecule has 1 N–H and O–H groups in total. The zero-order chi connectivity index (χ0) is 22.7. The van der Waals surface area contributed by atoms with Crippen LogP contribution in [-0.2, 0) is 0 Å². The van der Waals surface area contributed by atoms with Gasteiger partial charge in [0, 0.05) is 27.9 Å². The van der Waals surface area contributed by atoms with Gasteiger partial charge >= 0.3 is 0 Å². The maximum atomic E-state index is 14.2. The molecule has 0 saturated carbocycles. The molecule has 0 aliphatic rings. The monoisotopic (exact) mass is 462 g/mol. The van der Waals surface area contributed by atoms with E-state index in [4.69, 9.17) is 11.6 Å². The summed E-state index contributed by atoms with van der Waals surface area (Å²) in [4.78, 5) is 18.6. The SMILES string of the molecule is CSc1ccc(C(=O)Nc2ccc(Cl)c(-c3ccccn3)c2)c(-c2ccc(C)c(F)c2)c1. The molecule has 32 heavy (non-hydrogen) atoms. The van der Waals surface area contributed by atoms with Crippen molar-refractivity contribution in [1.29, 1.82) is 0 Å². The standard InChI is InChI=1S/C26H20ClFN2OS/c1-16-6-7-17(13-24(16)28)21-15-19(32-2)9-10-20(21)26(31)30-18-8-11-23(27)22(14-18)25-5-3-4-12-29-25/h3-15H,1-2H3,(H,30,31). The van der Waals surface area contributed by atoms with Crippen molar-refractivity contribution in [3.05, 3.63) is 101 Å². The highest BCUT2D eigenvalue weighted by atomic mass is 35.5. The van der Waals surface area contributed by atoms with E-state index in [-0.39, 0.29) is 11.7 Å². The molecule has 1 heterocycles. The van der Waals surface area contributed by atoms with Gasteiger partial charge in [-0.2, -0.15) is 0 Å². The van der Waals surface area contributed by atoms with Crippen molar-refractivity contribution >= 4 is 35.0 Å². The first-order chi connectivity index (χ1) is 15.5. The Morgan fingerprint density at radius 1 is 1.00 bits per heavy atom. The number of hydrogen-bond donors (Lipinski definition) is 1. The Labute approximate surface area is 195 Å². The van der Waals surface area contributed by atoms with Gasteiger partial charge in [-0.25, -0.2) is 4.39 Å². The second-order valence-electron chi connectivity index (χ2n) is 7.24. The number of aromatic nitrogens is 1. The van der Waals surface area contributed by atoms with Crippen LogP contribution in [0.2, 0.25) is 5.02 Å². The van der Waals surface area contributed by atoms with Crippen LogP contribution in [0.25, 0.3) is 22.4 Å². The maximum Gasteiger partial charge on any atom is 0.256 e. The van der Waals surface area contributed by atoms with Crippen LogP contribution >= 0.6 is 23.4 Å². The van der Waals surface area contributed by atoms with Gasteiger partial charge in [0.1, 0.15) is 5.82 Å². The smallest absolute Gasteiger partial charge is 0.256 e. The molecule has 0 unspecified atom stereocenters. The van der Waals surface area contributed by atoms with Gasteiger partial charge < -0.3 is 5.32 Å². The summed E-state index contributed by atoms with van der Waals surface area (Å²) < 4.78 is 14.2. The minimum absolute atomic E-state index is 0.289. The highest BCUT2D eigenvalue weighted by Gasteiger charge is 2.16. The van der Waals surface area contributed by atoms with Crippen molar-refractivity contribution in [2.45, 2.75) is 11.8 Å². The number of anilines is 1. The number of carbonyl (C=O) groups excluding carboxylic acids is 1. The van der Waals surface area contributed by atoms with E-state index in [2.05, 4.69) is 10.3 Å². The molecule has 0 saturated heterocycles. The molecule has 0 aliphatic heterocycles. The molecule has 3 aromatic carbocycles. The van der Waals surface area contributed by atoms with Crippen molar-refractivity contribution < 1.29 is 9.18 Å². The lowest BCUT2D eigenvalue weighted by atomic mass is 9.98. The molecule has 160 valence electrons. The molecule has 0 aliphatic carbocycles. The third-order valence-electron chi connectivity index (χ3n) is 5.12. The Kier molecular flexibility index (Phi) is 6.58. The Bertz CT molecular complexity index is 1290. The first kappa shape index (κ1) is 22.1. The predicted octanol–water partition coefficient (Wildman–Crippen LogP) is 7.49. The van der Waals surface area contributed by atoms with Crippen LogP contribution in [0.15, 0.2) is 83.9 Å². The molecular weight excluding hydrogens is 443 g/mol. The lowest BCUT2D eigenvalue weighted by Crippen LogP contribution is -2.13. The number of amides is 1.